The average molecular weight is 422 g/mol. The molecule has 1 aliphatic rings. The molecule has 2 amide bonds. The lowest BCUT2D eigenvalue weighted by Gasteiger charge is -2.16. The van der Waals surface area contributed by atoms with Gasteiger partial charge in [-0.05, 0) is 37.1 Å². The Morgan fingerprint density at radius 2 is 2.00 bits per heavy atom. The van der Waals surface area contributed by atoms with Crippen molar-refractivity contribution < 1.29 is 18.4 Å². The monoisotopic (exact) mass is 422 g/mol. The molecule has 0 unspecified atom stereocenters. The van der Waals surface area contributed by atoms with Gasteiger partial charge in [-0.1, -0.05) is 6.07 Å². The predicted molar refractivity (Wildman–Crippen MR) is 114 cm³/mol. The van der Waals surface area contributed by atoms with Gasteiger partial charge >= 0.3 is 0 Å². The number of rotatable bonds is 7. The SMILES string of the molecule is [2H]C([2H])([2H])NC(=O)c1nnc(NC(=O)C2CC2)cc1Nc1cccc(-c2cccnn2)c1OC. The Kier molecular flexibility index (Phi) is 4.70. The van der Waals surface area contributed by atoms with E-state index in [0.717, 1.165) is 12.8 Å². The topological polar surface area (TPSA) is 131 Å². The summed E-state index contributed by atoms with van der Waals surface area (Å²) in [7, 11) is 1.48. The molecule has 1 saturated carbocycles. The van der Waals surface area contributed by atoms with Crippen molar-refractivity contribution in [3.63, 3.8) is 0 Å². The fraction of sp³-hybridized carbons (Fsp3) is 0.238. The van der Waals surface area contributed by atoms with Crippen LogP contribution >= 0.6 is 0 Å². The largest absolute Gasteiger partial charge is 0.494 e. The third-order valence-electron chi connectivity index (χ3n) is 4.66. The molecule has 0 bridgehead atoms. The molecule has 3 aromatic rings. The number of carbonyl (C=O) groups is 2. The summed E-state index contributed by atoms with van der Waals surface area (Å²) in [4.78, 5) is 24.8. The van der Waals surface area contributed by atoms with E-state index in [2.05, 4.69) is 31.0 Å². The fourth-order valence-corrected chi connectivity index (χ4v) is 3.00. The molecular formula is C21H21N7O3. The second-order valence-electron chi connectivity index (χ2n) is 6.83. The average Bonchev–Trinajstić information content (AvgIpc) is 3.64. The summed E-state index contributed by atoms with van der Waals surface area (Å²) in [6.07, 6.45) is 3.15. The van der Waals surface area contributed by atoms with Crippen LogP contribution in [0.5, 0.6) is 5.75 Å². The molecule has 4 rings (SSSR count). The summed E-state index contributed by atoms with van der Waals surface area (Å²) in [5.41, 5.74) is 1.50. The van der Waals surface area contributed by atoms with Crippen molar-refractivity contribution in [1.29, 1.82) is 0 Å². The summed E-state index contributed by atoms with van der Waals surface area (Å²) in [5.74, 6) is -0.693. The first kappa shape index (κ1) is 16.7. The molecular weight excluding hydrogens is 398 g/mol. The molecule has 158 valence electrons. The molecule has 0 saturated heterocycles. The minimum Gasteiger partial charge on any atom is -0.494 e. The number of methoxy groups -OCH3 is 1. The minimum absolute atomic E-state index is 0.0690. The van der Waals surface area contributed by atoms with Crippen LogP contribution in [0.3, 0.4) is 0 Å². The first-order valence-corrected chi connectivity index (χ1v) is 9.48. The molecule has 1 aromatic carbocycles. The Bertz CT molecular complexity index is 1220. The zero-order chi connectivity index (χ0) is 24.3. The lowest BCUT2D eigenvalue weighted by atomic mass is 10.1. The Labute approximate surface area is 182 Å². The van der Waals surface area contributed by atoms with Gasteiger partial charge in [0.15, 0.2) is 17.3 Å². The van der Waals surface area contributed by atoms with Gasteiger partial charge in [0.2, 0.25) is 5.91 Å². The van der Waals surface area contributed by atoms with E-state index >= 15 is 0 Å². The molecule has 2 heterocycles. The maximum Gasteiger partial charge on any atom is 0.273 e. The number of amides is 2. The minimum atomic E-state index is -2.72. The molecule has 3 N–H and O–H groups in total. The van der Waals surface area contributed by atoms with E-state index in [9.17, 15) is 9.59 Å². The van der Waals surface area contributed by atoms with Gasteiger partial charge in [-0.25, -0.2) is 0 Å². The number of ether oxygens (including phenoxy) is 1. The molecule has 1 fully saturated rings. The summed E-state index contributed by atoms with van der Waals surface area (Å²) < 4.78 is 27.6. The van der Waals surface area contributed by atoms with Crippen LogP contribution in [0, 0.1) is 5.92 Å². The number of anilines is 3. The van der Waals surface area contributed by atoms with E-state index in [1.807, 2.05) is 5.32 Å². The summed E-state index contributed by atoms with van der Waals surface area (Å²) in [5, 5.41) is 23.4. The summed E-state index contributed by atoms with van der Waals surface area (Å²) >= 11 is 0. The van der Waals surface area contributed by atoms with E-state index in [1.165, 1.54) is 13.2 Å². The highest BCUT2D eigenvalue weighted by atomic mass is 16.5. The van der Waals surface area contributed by atoms with E-state index in [4.69, 9.17) is 8.85 Å². The number of nitrogens with zero attached hydrogens (tertiary/aromatic N) is 4. The highest BCUT2D eigenvalue weighted by Gasteiger charge is 2.30. The maximum atomic E-state index is 12.6. The van der Waals surface area contributed by atoms with Crippen LogP contribution in [-0.2, 0) is 4.79 Å². The first-order valence-electron chi connectivity index (χ1n) is 11.0. The lowest BCUT2D eigenvalue weighted by Crippen LogP contribution is -2.22. The first-order chi connectivity index (χ1) is 16.2. The number of benzene rings is 1. The number of hydrogen-bond donors (Lipinski definition) is 3. The van der Waals surface area contributed by atoms with Crippen LogP contribution in [-0.4, -0.2) is 46.3 Å². The van der Waals surface area contributed by atoms with Crippen molar-refractivity contribution in [3.8, 4) is 17.0 Å². The second kappa shape index (κ2) is 8.74. The van der Waals surface area contributed by atoms with Crippen LogP contribution < -0.4 is 20.7 Å². The predicted octanol–water partition coefficient (Wildman–Crippen LogP) is 2.39. The Morgan fingerprint density at radius 1 is 1.13 bits per heavy atom. The van der Waals surface area contributed by atoms with E-state index < -0.39 is 12.9 Å². The molecule has 0 radical (unpaired) electrons. The highest BCUT2D eigenvalue weighted by molar-refractivity contribution is 6.00. The van der Waals surface area contributed by atoms with Crippen molar-refractivity contribution in [1.82, 2.24) is 25.7 Å². The van der Waals surface area contributed by atoms with Crippen molar-refractivity contribution in [2.24, 2.45) is 5.92 Å². The van der Waals surface area contributed by atoms with Gasteiger partial charge in [0.25, 0.3) is 5.91 Å². The second-order valence-corrected chi connectivity index (χ2v) is 6.83. The Morgan fingerprint density at radius 3 is 2.71 bits per heavy atom. The quantitative estimate of drug-likeness (QED) is 0.529. The highest BCUT2D eigenvalue weighted by Crippen LogP contribution is 2.37. The van der Waals surface area contributed by atoms with Crippen LogP contribution in [0.15, 0.2) is 42.6 Å². The number of nitrogens with one attached hydrogen (secondary N) is 3. The summed E-state index contributed by atoms with van der Waals surface area (Å²) in [6.45, 7) is -2.72. The van der Waals surface area contributed by atoms with Crippen molar-refractivity contribution >= 4 is 29.0 Å². The third-order valence-corrected chi connectivity index (χ3v) is 4.66. The normalized spacial score (nSPS) is 14.5. The smallest absolute Gasteiger partial charge is 0.273 e. The summed E-state index contributed by atoms with van der Waals surface area (Å²) in [6, 6.07) is 10.2. The van der Waals surface area contributed by atoms with Gasteiger partial charge in [-0.15, -0.1) is 10.2 Å². The van der Waals surface area contributed by atoms with Gasteiger partial charge < -0.3 is 20.7 Å². The van der Waals surface area contributed by atoms with Gasteiger partial charge in [-0.3, -0.25) is 9.59 Å². The van der Waals surface area contributed by atoms with Gasteiger partial charge in [-0.2, -0.15) is 10.2 Å². The Balaban J connectivity index is 1.72. The Hall–Kier alpha value is -4.08. The van der Waals surface area contributed by atoms with E-state index in [1.54, 1.807) is 36.5 Å². The van der Waals surface area contributed by atoms with Crippen LogP contribution in [0.25, 0.3) is 11.3 Å². The van der Waals surface area contributed by atoms with Crippen molar-refractivity contribution in [2.45, 2.75) is 12.8 Å². The van der Waals surface area contributed by atoms with Crippen molar-refractivity contribution in [2.75, 3.05) is 24.7 Å². The molecule has 0 spiro atoms. The molecule has 2 aromatic heterocycles. The lowest BCUT2D eigenvalue weighted by molar-refractivity contribution is -0.117. The van der Waals surface area contributed by atoms with Crippen molar-refractivity contribution in [3.05, 3.63) is 48.3 Å². The number of hydrogen-bond acceptors (Lipinski definition) is 8. The zero-order valence-electron chi connectivity index (χ0n) is 19.5. The van der Waals surface area contributed by atoms with Gasteiger partial charge in [0.1, 0.15) is 0 Å². The maximum absolute atomic E-state index is 12.6. The van der Waals surface area contributed by atoms with E-state index in [-0.39, 0.29) is 29.0 Å². The van der Waals surface area contributed by atoms with E-state index in [0.29, 0.717) is 22.7 Å². The molecule has 0 atom stereocenters. The van der Waals surface area contributed by atoms with Crippen LogP contribution in [0.2, 0.25) is 0 Å². The standard InChI is InChI=1S/C21H21N7O3/c1-22-21(30)18-16(11-17(27-28-18)25-20(29)12-8-9-12)24-15-6-3-5-13(19(15)31-2)14-7-4-10-23-26-14/h3-7,10-12H,8-9H2,1-2H3,(H,22,30)(H2,24,25,27,29)/i1D3. The number of carbonyl (C=O) groups excluding carboxylic acids is 2. The van der Waals surface area contributed by atoms with Crippen LogP contribution in [0.4, 0.5) is 17.2 Å². The van der Waals surface area contributed by atoms with Gasteiger partial charge in [0.05, 0.1) is 24.2 Å². The number of aromatic nitrogens is 4. The molecule has 31 heavy (non-hydrogen) atoms. The third kappa shape index (κ3) is 4.42. The molecule has 0 aliphatic heterocycles. The van der Waals surface area contributed by atoms with Crippen LogP contribution in [0.1, 0.15) is 27.4 Å². The zero-order valence-corrected chi connectivity index (χ0v) is 16.5. The van der Waals surface area contributed by atoms with Gasteiger partial charge in [0, 0.05) is 34.8 Å². The molecule has 1 aliphatic carbocycles. The molecule has 10 heteroatoms. The number of para-hydroxylation sites is 1. The fourth-order valence-electron chi connectivity index (χ4n) is 3.00. The molecule has 10 nitrogen and oxygen atoms in total.